The molecule has 1 aliphatic rings. The molecule has 2 aromatic carbocycles. The molecule has 0 spiro atoms. The molecule has 1 N–H and O–H groups in total. The predicted octanol–water partition coefficient (Wildman–Crippen LogP) is 3.08. The number of ether oxygens (including phenoxy) is 2. The first-order valence-electron chi connectivity index (χ1n) is 8.30. The Kier molecular flexibility index (Phi) is 5.03. The van der Waals surface area contributed by atoms with E-state index in [0.717, 1.165) is 16.9 Å². The number of Topliss-reactive ketones (excluding diaryl/α,β-unsaturated/α-hetero) is 1. The van der Waals surface area contributed by atoms with E-state index in [1.807, 2.05) is 31.2 Å². The maximum atomic E-state index is 12.2. The Morgan fingerprint density at radius 3 is 2.68 bits per heavy atom. The molecule has 0 fully saturated rings. The summed E-state index contributed by atoms with van der Waals surface area (Å²) in [6.07, 6.45) is 1.18. The van der Waals surface area contributed by atoms with Crippen LogP contribution in [0, 0.1) is 0 Å². The number of benzene rings is 2. The molecule has 0 unspecified atom stereocenters. The van der Waals surface area contributed by atoms with E-state index in [1.54, 1.807) is 25.3 Å². The van der Waals surface area contributed by atoms with Crippen LogP contribution in [0.25, 0.3) is 0 Å². The van der Waals surface area contributed by atoms with Crippen molar-refractivity contribution in [3.05, 3.63) is 59.2 Å². The lowest BCUT2D eigenvalue weighted by Gasteiger charge is -2.17. The Morgan fingerprint density at radius 2 is 1.88 bits per heavy atom. The zero-order chi connectivity index (χ0) is 17.8. The molecule has 0 bridgehead atoms. The van der Waals surface area contributed by atoms with Gasteiger partial charge in [0.05, 0.1) is 13.2 Å². The van der Waals surface area contributed by atoms with Crippen molar-refractivity contribution in [2.75, 3.05) is 13.7 Å². The minimum absolute atomic E-state index is 0.0931. The first-order chi connectivity index (χ1) is 12.1. The minimum atomic E-state index is -0.222. The fraction of sp³-hybridized carbons (Fsp3) is 0.300. The number of hydrogen-bond donors (Lipinski definition) is 1. The van der Waals surface area contributed by atoms with Crippen LogP contribution in [0.3, 0.4) is 0 Å². The summed E-state index contributed by atoms with van der Waals surface area (Å²) < 4.78 is 11.0. The highest BCUT2D eigenvalue weighted by molar-refractivity contribution is 6.01. The highest BCUT2D eigenvalue weighted by atomic mass is 16.5. The second-order valence-electron chi connectivity index (χ2n) is 6.03. The normalized spacial score (nSPS) is 13.9. The molecule has 1 amide bonds. The van der Waals surface area contributed by atoms with Gasteiger partial charge < -0.3 is 14.8 Å². The third-order valence-electron chi connectivity index (χ3n) is 4.38. The van der Waals surface area contributed by atoms with Crippen molar-refractivity contribution in [2.45, 2.75) is 25.8 Å². The molecular formula is C20H21NO4. The van der Waals surface area contributed by atoms with Crippen LogP contribution in [0.4, 0.5) is 0 Å². The van der Waals surface area contributed by atoms with Gasteiger partial charge in [0.15, 0.2) is 12.4 Å². The van der Waals surface area contributed by atoms with Crippen molar-refractivity contribution in [1.29, 1.82) is 0 Å². The first-order valence-corrected chi connectivity index (χ1v) is 8.30. The van der Waals surface area contributed by atoms with Gasteiger partial charge >= 0.3 is 0 Å². The van der Waals surface area contributed by atoms with Crippen molar-refractivity contribution in [3.63, 3.8) is 0 Å². The number of carbonyl (C=O) groups is 2. The van der Waals surface area contributed by atoms with Gasteiger partial charge in [0, 0.05) is 23.1 Å². The topological polar surface area (TPSA) is 64.6 Å². The lowest BCUT2D eigenvalue weighted by molar-refractivity contribution is -0.123. The molecule has 1 atom stereocenters. The zero-order valence-electron chi connectivity index (χ0n) is 14.4. The van der Waals surface area contributed by atoms with Crippen LogP contribution in [0.15, 0.2) is 42.5 Å². The highest BCUT2D eigenvalue weighted by Crippen LogP contribution is 2.30. The molecular weight excluding hydrogens is 318 g/mol. The lowest BCUT2D eigenvalue weighted by Crippen LogP contribution is -2.31. The van der Waals surface area contributed by atoms with Gasteiger partial charge in [-0.1, -0.05) is 30.3 Å². The van der Waals surface area contributed by atoms with Gasteiger partial charge in [0.1, 0.15) is 11.5 Å². The molecule has 0 saturated heterocycles. The van der Waals surface area contributed by atoms with Crippen LogP contribution < -0.4 is 14.8 Å². The average Bonchev–Trinajstić information content (AvgIpc) is 3.01. The summed E-state index contributed by atoms with van der Waals surface area (Å²) in [4.78, 5) is 24.0. The smallest absolute Gasteiger partial charge is 0.258 e. The van der Waals surface area contributed by atoms with Crippen LogP contribution in [-0.2, 0) is 11.2 Å². The quantitative estimate of drug-likeness (QED) is 0.878. The van der Waals surface area contributed by atoms with E-state index >= 15 is 0 Å². The Morgan fingerprint density at radius 1 is 1.12 bits per heavy atom. The Labute approximate surface area is 147 Å². The molecule has 25 heavy (non-hydrogen) atoms. The summed E-state index contributed by atoms with van der Waals surface area (Å²) in [6.45, 7) is 1.80. The summed E-state index contributed by atoms with van der Waals surface area (Å²) in [5.41, 5.74) is 2.52. The van der Waals surface area contributed by atoms with Crippen LogP contribution >= 0.6 is 0 Å². The van der Waals surface area contributed by atoms with Gasteiger partial charge in [0.2, 0.25) is 0 Å². The number of carbonyl (C=O) groups excluding carboxylic acids is 2. The van der Waals surface area contributed by atoms with Crippen LogP contribution in [0.1, 0.15) is 40.9 Å². The summed E-state index contributed by atoms with van der Waals surface area (Å²) in [5, 5.41) is 2.91. The number of rotatable bonds is 6. The molecule has 1 aliphatic carbocycles. The van der Waals surface area contributed by atoms with Crippen LogP contribution in [0.2, 0.25) is 0 Å². The van der Waals surface area contributed by atoms with E-state index < -0.39 is 0 Å². The number of nitrogens with one attached hydrogen (secondary N) is 1. The van der Waals surface area contributed by atoms with Crippen molar-refractivity contribution >= 4 is 11.7 Å². The molecule has 130 valence electrons. The maximum absolute atomic E-state index is 12.2. The molecule has 0 aromatic heterocycles. The van der Waals surface area contributed by atoms with Crippen LogP contribution in [-0.4, -0.2) is 25.4 Å². The van der Waals surface area contributed by atoms with E-state index in [-0.39, 0.29) is 24.3 Å². The fourth-order valence-corrected chi connectivity index (χ4v) is 3.12. The molecule has 2 aromatic rings. The summed E-state index contributed by atoms with van der Waals surface area (Å²) in [5.74, 6) is 1.26. The number of methoxy groups -OCH3 is 1. The lowest BCUT2D eigenvalue weighted by atomic mass is 10.1. The number of amides is 1. The summed E-state index contributed by atoms with van der Waals surface area (Å²) >= 11 is 0. The third kappa shape index (κ3) is 3.65. The van der Waals surface area contributed by atoms with Gasteiger partial charge in [-0.25, -0.2) is 0 Å². The zero-order valence-corrected chi connectivity index (χ0v) is 14.4. The molecule has 0 heterocycles. The van der Waals surface area contributed by atoms with Gasteiger partial charge in [-0.2, -0.15) is 0 Å². The molecule has 5 nitrogen and oxygen atoms in total. The van der Waals surface area contributed by atoms with E-state index in [0.29, 0.717) is 24.2 Å². The number of fused-ring (bicyclic) bond motifs is 1. The summed E-state index contributed by atoms with van der Waals surface area (Å²) in [6, 6.07) is 12.8. The van der Waals surface area contributed by atoms with E-state index in [9.17, 15) is 9.59 Å². The molecule has 3 rings (SSSR count). The van der Waals surface area contributed by atoms with E-state index in [2.05, 4.69) is 5.32 Å². The molecule has 0 radical (unpaired) electrons. The molecule has 0 aliphatic heterocycles. The van der Waals surface area contributed by atoms with Crippen molar-refractivity contribution < 1.29 is 19.1 Å². The fourth-order valence-electron chi connectivity index (χ4n) is 3.12. The van der Waals surface area contributed by atoms with E-state index in [4.69, 9.17) is 9.47 Å². The monoisotopic (exact) mass is 339 g/mol. The Bertz CT molecular complexity index is 800. The number of para-hydroxylation sites is 1. The number of ketones is 1. The van der Waals surface area contributed by atoms with Crippen molar-refractivity contribution in [2.24, 2.45) is 0 Å². The first kappa shape index (κ1) is 17.0. The third-order valence-corrected chi connectivity index (χ3v) is 4.38. The van der Waals surface area contributed by atoms with E-state index in [1.165, 1.54) is 0 Å². The van der Waals surface area contributed by atoms with Gasteiger partial charge in [-0.05, 0) is 25.5 Å². The second-order valence-corrected chi connectivity index (χ2v) is 6.03. The Balaban J connectivity index is 1.61. The van der Waals surface area contributed by atoms with Gasteiger partial charge in [-0.3, -0.25) is 9.59 Å². The largest absolute Gasteiger partial charge is 0.496 e. The van der Waals surface area contributed by atoms with Gasteiger partial charge in [0.25, 0.3) is 5.91 Å². The number of hydrogen-bond acceptors (Lipinski definition) is 4. The van der Waals surface area contributed by atoms with Crippen LogP contribution in [0.5, 0.6) is 11.5 Å². The highest BCUT2D eigenvalue weighted by Gasteiger charge is 2.23. The minimum Gasteiger partial charge on any atom is -0.496 e. The van der Waals surface area contributed by atoms with Crippen molar-refractivity contribution in [1.82, 2.24) is 5.32 Å². The summed E-state index contributed by atoms with van der Waals surface area (Å²) in [7, 11) is 1.60. The standard InChI is InChI=1S/C20H21NO4/c1-13(14-6-3-4-8-18(14)24-2)21-20(23)12-25-19-9-5-7-15-16(19)10-11-17(15)22/h3-9,13H,10-12H2,1-2H3,(H,21,23)/t13-/m0/s1. The van der Waals surface area contributed by atoms with Crippen molar-refractivity contribution in [3.8, 4) is 11.5 Å². The van der Waals surface area contributed by atoms with Gasteiger partial charge in [-0.15, -0.1) is 0 Å². The second kappa shape index (κ2) is 7.38. The SMILES string of the molecule is COc1ccccc1[C@H](C)NC(=O)COc1cccc2c1CCC2=O. The maximum Gasteiger partial charge on any atom is 0.258 e. The average molecular weight is 339 g/mol. The molecule has 0 saturated carbocycles. The Hall–Kier alpha value is -2.82. The molecule has 5 heteroatoms. The predicted molar refractivity (Wildman–Crippen MR) is 94.1 cm³/mol.